The highest BCUT2D eigenvalue weighted by atomic mass is 32.1. The van der Waals surface area contributed by atoms with E-state index in [-0.39, 0.29) is 5.75 Å². The Kier molecular flexibility index (Phi) is 2.56. The summed E-state index contributed by atoms with van der Waals surface area (Å²) in [6, 6.07) is 1.53. The number of rotatable bonds is 2. The second kappa shape index (κ2) is 4.23. The van der Waals surface area contributed by atoms with Gasteiger partial charge in [-0.3, -0.25) is 4.98 Å². The molecular formula is C12H9N3O2S. The summed E-state index contributed by atoms with van der Waals surface area (Å²) in [6.45, 7) is 2.00. The lowest BCUT2D eigenvalue weighted by Crippen LogP contribution is -1.82. The molecule has 3 aromatic rings. The van der Waals surface area contributed by atoms with E-state index < -0.39 is 0 Å². The van der Waals surface area contributed by atoms with E-state index >= 15 is 0 Å². The van der Waals surface area contributed by atoms with Gasteiger partial charge >= 0.3 is 0 Å². The van der Waals surface area contributed by atoms with Gasteiger partial charge < -0.3 is 9.63 Å². The lowest BCUT2D eigenvalue weighted by Gasteiger charge is -1.93. The van der Waals surface area contributed by atoms with E-state index in [0.29, 0.717) is 17.3 Å². The summed E-state index contributed by atoms with van der Waals surface area (Å²) in [4.78, 5) is 8.18. The predicted octanol–water partition coefficient (Wildman–Crippen LogP) is 2.87. The van der Waals surface area contributed by atoms with Crippen LogP contribution >= 0.6 is 11.3 Å². The van der Waals surface area contributed by atoms with Crippen molar-refractivity contribution in [3.8, 4) is 28.6 Å². The Hall–Kier alpha value is -2.21. The first-order valence-electron chi connectivity index (χ1n) is 5.25. The molecule has 18 heavy (non-hydrogen) atoms. The number of aromatic nitrogens is 3. The van der Waals surface area contributed by atoms with Gasteiger partial charge in [0.15, 0.2) is 0 Å². The van der Waals surface area contributed by atoms with E-state index in [1.165, 1.54) is 12.3 Å². The van der Waals surface area contributed by atoms with E-state index in [0.717, 1.165) is 11.1 Å². The van der Waals surface area contributed by atoms with Crippen LogP contribution in [0.2, 0.25) is 0 Å². The lowest BCUT2D eigenvalue weighted by molar-refractivity contribution is 0.431. The maximum Gasteiger partial charge on any atom is 0.259 e. The van der Waals surface area contributed by atoms with Gasteiger partial charge in [-0.2, -0.15) is 16.3 Å². The number of aryl methyl sites for hydroxylation is 1. The molecule has 0 aliphatic rings. The van der Waals surface area contributed by atoms with Crippen LogP contribution in [-0.4, -0.2) is 20.2 Å². The number of aromatic hydroxyl groups is 1. The molecule has 0 aliphatic heterocycles. The molecule has 0 atom stereocenters. The van der Waals surface area contributed by atoms with Gasteiger partial charge in [0, 0.05) is 17.1 Å². The van der Waals surface area contributed by atoms with Crippen molar-refractivity contribution in [1.82, 2.24) is 15.1 Å². The Morgan fingerprint density at radius 3 is 2.89 bits per heavy atom. The van der Waals surface area contributed by atoms with Crippen LogP contribution in [0, 0.1) is 6.92 Å². The lowest BCUT2D eigenvalue weighted by atomic mass is 10.2. The van der Waals surface area contributed by atoms with Gasteiger partial charge in [-0.15, -0.1) is 0 Å². The van der Waals surface area contributed by atoms with Crippen molar-refractivity contribution in [3.63, 3.8) is 0 Å². The summed E-state index contributed by atoms with van der Waals surface area (Å²) in [5, 5.41) is 17.3. The number of pyridine rings is 1. The third-order valence-corrected chi connectivity index (χ3v) is 3.35. The first-order chi connectivity index (χ1) is 8.74. The molecule has 1 N–H and O–H groups in total. The topological polar surface area (TPSA) is 72.0 Å². The van der Waals surface area contributed by atoms with Gasteiger partial charge in [-0.05, 0) is 23.9 Å². The van der Waals surface area contributed by atoms with Gasteiger partial charge in [0.25, 0.3) is 5.89 Å². The SMILES string of the molecule is Cc1cscc1-c1noc(-c2cncc(O)c2)n1. The zero-order valence-electron chi connectivity index (χ0n) is 9.49. The molecule has 0 amide bonds. The Balaban J connectivity index is 2.02. The number of hydrogen-bond donors (Lipinski definition) is 1. The Morgan fingerprint density at radius 2 is 2.17 bits per heavy atom. The molecule has 90 valence electrons. The molecule has 3 aromatic heterocycles. The Labute approximate surface area is 107 Å². The molecule has 0 radical (unpaired) electrons. The molecule has 0 fully saturated rings. The van der Waals surface area contributed by atoms with Crippen LogP contribution in [0.1, 0.15) is 5.56 Å². The minimum atomic E-state index is 0.0685. The highest BCUT2D eigenvalue weighted by Gasteiger charge is 2.13. The van der Waals surface area contributed by atoms with Gasteiger partial charge in [0.05, 0.1) is 11.8 Å². The predicted molar refractivity (Wildman–Crippen MR) is 67.2 cm³/mol. The minimum absolute atomic E-state index is 0.0685. The smallest absolute Gasteiger partial charge is 0.259 e. The maximum absolute atomic E-state index is 9.36. The van der Waals surface area contributed by atoms with Gasteiger partial charge in [0.1, 0.15) is 5.75 Å². The molecule has 0 bridgehead atoms. The third-order valence-electron chi connectivity index (χ3n) is 2.49. The average Bonchev–Trinajstić information content (AvgIpc) is 2.97. The Bertz CT molecular complexity index is 690. The Morgan fingerprint density at radius 1 is 1.28 bits per heavy atom. The van der Waals surface area contributed by atoms with Crippen LogP contribution in [-0.2, 0) is 0 Å². The first kappa shape index (κ1) is 10.9. The molecule has 0 aromatic carbocycles. The second-order valence-electron chi connectivity index (χ2n) is 3.82. The van der Waals surface area contributed by atoms with Crippen LogP contribution in [0.5, 0.6) is 5.75 Å². The van der Waals surface area contributed by atoms with Crippen molar-refractivity contribution in [2.24, 2.45) is 0 Å². The standard InChI is InChI=1S/C12H9N3O2S/c1-7-5-18-6-10(7)11-14-12(17-15-11)8-2-9(16)4-13-3-8/h2-6,16H,1H3. The van der Waals surface area contributed by atoms with Gasteiger partial charge in [-0.1, -0.05) is 5.16 Å². The molecule has 5 nitrogen and oxygen atoms in total. The minimum Gasteiger partial charge on any atom is -0.506 e. The number of nitrogens with zero attached hydrogens (tertiary/aromatic N) is 3. The third kappa shape index (κ3) is 1.86. The van der Waals surface area contributed by atoms with Crippen molar-refractivity contribution in [1.29, 1.82) is 0 Å². The van der Waals surface area contributed by atoms with Gasteiger partial charge in [-0.25, -0.2) is 0 Å². The molecule has 0 saturated heterocycles. The summed E-state index contributed by atoms with van der Waals surface area (Å²) in [5.74, 6) is 0.963. The fraction of sp³-hybridized carbons (Fsp3) is 0.0833. The van der Waals surface area contributed by atoms with Crippen molar-refractivity contribution in [3.05, 3.63) is 34.8 Å². The molecule has 6 heteroatoms. The fourth-order valence-corrected chi connectivity index (χ4v) is 2.41. The summed E-state index contributed by atoms with van der Waals surface area (Å²) >= 11 is 1.59. The quantitative estimate of drug-likeness (QED) is 0.766. The van der Waals surface area contributed by atoms with Crippen LogP contribution in [0.25, 0.3) is 22.8 Å². The van der Waals surface area contributed by atoms with Crippen LogP contribution in [0.4, 0.5) is 0 Å². The zero-order chi connectivity index (χ0) is 12.5. The van der Waals surface area contributed by atoms with Gasteiger partial charge in [0.2, 0.25) is 5.82 Å². The molecular weight excluding hydrogens is 250 g/mol. The summed E-state index contributed by atoms with van der Waals surface area (Å²) in [6.07, 6.45) is 2.92. The number of thiophene rings is 1. The highest BCUT2D eigenvalue weighted by molar-refractivity contribution is 7.08. The average molecular weight is 259 g/mol. The highest BCUT2D eigenvalue weighted by Crippen LogP contribution is 2.27. The van der Waals surface area contributed by atoms with Crippen molar-refractivity contribution >= 4 is 11.3 Å². The molecule has 0 unspecified atom stereocenters. The van der Waals surface area contributed by atoms with E-state index in [2.05, 4.69) is 15.1 Å². The van der Waals surface area contributed by atoms with E-state index in [1.807, 2.05) is 17.7 Å². The summed E-state index contributed by atoms with van der Waals surface area (Å²) in [5.41, 5.74) is 2.67. The molecule has 0 spiro atoms. The normalized spacial score (nSPS) is 10.7. The summed E-state index contributed by atoms with van der Waals surface area (Å²) in [7, 11) is 0. The fourth-order valence-electron chi connectivity index (χ4n) is 1.58. The van der Waals surface area contributed by atoms with Crippen molar-refractivity contribution in [2.75, 3.05) is 0 Å². The van der Waals surface area contributed by atoms with E-state index in [9.17, 15) is 5.11 Å². The molecule has 3 rings (SSSR count). The first-order valence-corrected chi connectivity index (χ1v) is 6.19. The number of hydrogen-bond acceptors (Lipinski definition) is 6. The largest absolute Gasteiger partial charge is 0.506 e. The van der Waals surface area contributed by atoms with Crippen LogP contribution in [0.3, 0.4) is 0 Å². The molecule has 3 heterocycles. The van der Waals surface area contributed by atoms with E-state index in [4.69, 9.17) is 4.52 Å². The maximum atomic E-state index is 9.36. The zero-order valence-corrected chi connectivity index (χ0v) is 10.3. The van der Waals surface area contributed by atoms with Crippen molar-refractivity contribution < 1.29 is 9.63 Å². The second-order valence-corrected chi connectivity index (χ2v) is 4.57. The molecule has 0 aliphatic carbocycles. The van der Waals surface area contributed by atoms with Crippen LogP contribution < -0.4 is 0 Å². The summed E-state index contributed by atoms with van der Waals surface area (Å²) < 4.78 is 5.18. The van der Waals surface area contributed by atoms with E-state index in [1.54, 1.807) is 17.5 Å². The monoisotopic (exact) mass is 259 g/mol. The molecule has 0 saturated carbocycles. The van der Waals surface area contributed by atoms with Crippen LogP contribution in [0.15, 0.2) is 33.7 Å². The van der Waals surface area contributed by atoms with Crippen molar-refractivity contribution in [2.45, 2.75) is 6.92 Å².